The van der Waals surface area contributed by atoms with E-state index in [4.69, 9.17) is 9.05 Å². The first-order chi connectivity index (χ1) is 10.2. The van der Waals surface area contributed by atoms with Crippen molar-refractivity contribution in [3.8, 4) is 0 Å². The summed E-state index contributed by atoms with van der Waals surface area (Å²) in [6, 6.07) is 17.6. The zero-order chi connectivity index (χ0) is 15.1. The molecule has 0 saturated carbocycles. The van der Waals surface area contributed by atoms with Gasteiger partial charge in [0.25, 0.3) is 0 Å². The number of benzene rings is 2. The number of anilines is 2. The van der Waals surface area contributed by atoms with Crippen LogP contribution in [0.2, 0.25) is 0 Å². The summed E-state index contributed by atoms with van der Waals surface area (Å²) in [5, 5.41) is 3.32. The van der Waals surface area contributed by atoms with Crippen LogP contribution in [0.5, 0.6) is 0 Å². The molecular weight excluding hydrogens is 285 g/mol. The second kappa shape index (κ2) is 7.23. The van der Waals surface area contributed by atoms with Crippen LogP contribution in [-0.2, 0) is 13.6 Å². The molecule has 0 fully saturated rings. The number of para-hydroxylation sites is 2. The van der Waals surface area contributed by atoms with E-state index in [2.05, 4.69) is 5.32 Å². The molecule has 0 radical (unpaired) electrons. The maximum Gasteiger partial charge on any atom is 0.353 e. The molecule has 0 heterocycles. The van der Waals surface area contributed by atoms with Crippen LogP contribution >= 0.6 is 7.60 Å². The Kier molecular flexibility index (Phi) is 5.34. The van der Waals surface area contributed by atoms with Crippen molar-refractivity contribution in [3.63, 3.8) is 0 Å². The molecular formula is C16H18NO3P. The molecule has 4 nitrogen and oxygen atoms in total. The second-order valence-electron chi connectivity index (χ2n) is 4.30. The summed E-state index contributed by atoms with van der Waals surface area (Å²) < 4.78 is 21.8. The minimum Gasteiger partial charge on any atom is -0.355 e. The monoisotopic (exact) mass is 303 g/mol. The van der Waals surface area contributed by atoms with Crippen molar-refractivity contribution in [3.05, 3.63) is 66.0 Å². The molecule has 0 aromatic heterocycles. The average molecular weight is 303 g/mol. The third-order valence-corrected chi connectivity index (χ3v) is 4.49. The fraction of sp³-hybridized carbons (Fsp3) is 0.125. The molecule has 0 amide bonds. The van der Waals surface area contributed by atoms with Crippen molar-refractivity contribution >= 4 is 25.0 Å². The molecule has 0 aliphatic heterocycles. The quantitative estimate of drug-likeness (QED) is 0.772. The molecule has 0 bridgehead atoms. The van der Waals surface area contributed by atoms with Gasteiger partial charge in [0, 0.05) is 31.4 Å². The number of hydrogen-bond donors (Lipinski definition) is 1. The molecule has 0 aliphatic carbocycles. The van der Waals surface area contributed by atoms with Gasteiger partial charge in [-0.2, -0.15) is 0 Å². The topological polar surface area (TPSA) is 47.6 Å². The Labute approximate surface area is 124 Å². The summed E-state index contributed by atoms with van der Waals surface area (Å²) in [5.74, 6) is 1.46. The maximum absolute atomic E-state index is 12.0. The lowest BCUT2D eigenvalue weighted by atomic mass is 10.1. The van der Waals surface area contributed by atoms with E-state index in [-0.39, 0.29) is 0 Å². The van der Waals surface area contributed by atoms with E-state index in [1.54, 1.807) is 6.08 Å². The number of nitrogens with one attached hydrogen (secondary N) is 1. The first-order valence-corrected chi connectivity index (χ1v) is 8.09. The fourth-order valence-corrected chi connectivity index (χ4v) is 2.54. The number of rotatable bonds is 6. The van der Waals surface area contributed by atoms with Crippen LogP contribution in [0.4, 0.5) is 11.4 Å². The van der Waals surface area contributed by atoms with Crippen molar-refractivity contribution in [1.82, 2.24) is 0 Å². The van der Waals surface area contributed by atoms with Crippen molar-refractivity contribution in [1.29, 1.82) is 0 Å². The van der Waals surface area contributed by atoms with Gasteiger partial charge in [0.05, 0.1) is 0 Å². The Morgan fingerprint density at radius 2 is 1.57 bits per heavy atom. The molecule has 0 saturated heterocycles. The Hall–Kier alpha value is -1.87. The van der Waals surface area contributed by atoms with Gasteiger partial charge in [-0.25, -0.2) is 0 Å². The third kappa shape index (κ3) is 4.30. The predicted octanol–water partition coefficient (Wildman–Crippen LogP) is 4.89. The zero-order valence-electron chi connectivity index (χ0n) is 12.0. The second-order valence-corrected chi connectivity index (χ2v) is 6.41. The highest BCUT2D eigenvalue weighted by Crippen LogP contribution is 2.48. The lowest BCUT2D eigenvalue weighted by Gasteiger charge is -2.11. The van der Waals surface area contributed by atoms with Crippen molar-refractivity contribution in [2.75, 3.05) is 19.5 Å². The molecule has 0 spiro atoms. The van der Waals surface area contributed by atoms with Gasteiger partial charge in [0.15, 0.2) is 0 Å². The molecule has 2 aromatic carbocycles. The van der Waals surface area contributed by atoms with Gasteiger partial charge in [-0.05, 0) is 29.8 Å². The molecule has 0 atom stereocenters. The summed E-state index contributed by atoms with van der Waals surface area (Å²) >= 11 is 0. The van der Waals surface area contributed by atoms with E-state index in [9.17, 15) is 4.57 Å². The Balaban J connectivity index is 2.25. The van der Waals surface area contributed by atoms with E-state index in [1.807, 2.05) is 54.6 Å². The van der Waals surface area contributed by atoms with Gasteiger partial charge in [0.2, 0.25) is 0 Å². The molecule has 2 rings (SSSR count). The molecule has 1 N–H and O–H groups in total. The van der Waals surface area contributed by atoms with Crippen LogP contribution in [0, 0.1) is 0 Å². The van der Waals surface area contributed by atoms with E-state index in [1.165, 1.54) is 20.0 Å². The standard InChI is InChI=1S/C16H18NO3P/c1-19-21(18,20-2)13-12-14-8-6-7-11-16(14)17-15-9-4-3-5-10-15/h3-13,17H,1-2H3. The molecule has 110 valence electrons. The summed E-state index contributed by atoms with van der Waals surface area (Å²) in [5.41, 5.74) is 2.80. The third-order valence-electron chi connectivity index (χ3n) is 2.96. The lowest BCUT2D eigenvalue weighted by Crippen LogP contribution is -1.92. The highest BCUT2D eigenvalue weighted by molar-refractivity contribution is 7.57. The highest BCUT2D eigenvalue weighted by atomic mass is 31.2. The summed E-state index contributed by atoms with van der Waals surface area (Å²) in [7, 11) is -0.430. The molecule has 2 aromatic rings. The van der Waals surface area contributed by atoms with Crippen molar-refractivity contribution in [2.24, 2.45) is 0 Å². The molecule has 21 heavy (non-hydrogen) atoms. The fourth-order valence-electron chi connectivity index (χ4n) is 1.80. The minimum atomic E-state index is -3.16. The summed E-state index contributed by atoms with van der Waals surface area (Å²) in [4.78, 5) is 0. The zero-order valence-corrected chi connectivity index (χ0v) is 12.9. The highest BCUT2D eigenvalue weighted by Gasteiger charge is 2.15. The lowest BCUT2D eigenvalue weighted by molar-refractivity contribution is 0.286. The summed E-state index contributed by atoms with van der Waals surface area (Å²) in [6.45, 7) is 0. The van der Waals surface area contributed by atoms with Gasteiger partial charge >= 0.3 is 7.60 Å². The minimum absolute atomic E-state index is 0.899. The molecule has 0 unspecified atom stereocenters. The van der Waals surface area contributed by atoms with E-state index >= 15 is 0 Å². The van der Waals surface area contributed by atoms with Gasteiger partial charge < -0.3 is 14.4 Å². The van der Waals surface area contributed by atoms with E-state index in [0.717, 1.165) is 16.9 Å². The van der Waals surface area contributed by atoms with Crippen LogP contribution in [0.1, 0.15) is 5.56 Å². The largest absolute Gasteiger partial charge is 0.355 e. The SMILES string of the molecule is COP(=O)(C=Cc1ccccc1Nc1ccccc1)OC. The van der Waals surface area contributed by atoms with Crippen molar-refractivity contribution in [2.45, 2.75) is 0 Å². The van der Waals surface area contributed by atoms with E-state index in [0.29, 0.717) is 0 Å². The van der Waals surface area contributed by atoms with Gasteiger partial charge in [0.1, 0.15) is 0 Å². The van der Waals surface area contributed by atoms with Crippen LogP contribution in [0.3, 0.4) is 0 Å². The summed E-state index contributed by atoms with van der Waals surface area (Å²) in [6.07, 6.45) is 1.74. The first-order valence-electron chi connectivity index (χ1n) is 6.48. The van der Waals surface area contributed by atoms with Crippen LogP contribution in [0.25, 0.3) is 6.08 Å². The predicted molar refractivity (Wildman–Crippen MR) is 86.8 cm³/mol. The average Bonchev–Trinajstić information content (AvgIpc) is 2.55. The smallest absolute Gasteiger partial charge is 0.353 e. The first kappa shape index (κ1) is 15.5. The van der Waals surface area contributed by atoms with Crippen LogP contribution < -0.4 is 5.32 Å². The Bertz CT molecular complexity index is 648. The number of hydrogen-bond acceptors (Lipinski definition) is 4. The Morgan fingerprint density at radius 3 is 2.24 bits per heavy atom. The van der Waals surface area contributed by atoms with Crippen molar-refractivity contribution < 1.29 is 13.6 Å². The van der Waals surface area contributed by atoms with Gasteiger partial charge in [-0.1, -0.05) is 36.4 Å². The molecule has 5 heteroatoms. The normalized spacial score (nSPS) is 11.7. The van der Waals surface area contributed by atoms with Gasteiger partial charge in [-0.3, -0.25) is 4.57 Å². The maximum atomic E-state index is 12.0. The molecule has 0 aliphatic rings. The Morgan fingerprint density at radius 1 is 0.952 bits per heavy atom. The van der Waals surface area contributed by atoms with Crippen LogP contribution in [-0.4, -0.2) is 14.2 Å². The van der Waals surface area contributed by atoms with E-state index < -0.39 is 7.60 Å². The van der Waals surface area contributed by atoms with Gasteiger partial charge in [-0.15, -0.1) is 0 Å². The van der Waals surface area contributed by atoms with Crippen LogP contribution in [0.15, 0.2) is 60.4 Å².